The molecule has 0 aliphatic carbocycles. The minimum atomic E-state index is -0.215. The van der Waals surface area contributed by atoms with Crippen LogP contribution in [0.25, 0.3) is 0 Å². The van der Waals surface area contributed by atoms with Gasteiger partial charge in [-0.25, -0.2) is 0 Å². The molecule has 33 heavy (non-hydrogen) atoms. The number of nitrogens with zero attached hydrogens (tertiary/aromatic N) is 2. The van der Waals surface area contributed by atoms with Crippen molar-refractivity contribution in [2.45, 2.75) is 43.7 Å². The first-order valence-electron chi connectivity index (χ1n) is 10.8. The van der Waals surface area contributed by atoms with E-state index in [9.17, 15) is 4.79 Å². The minimum absolute atomic E-state index is 0.215. The number of rotatable bonds is 11. The molecule has 172 valence electrons. The molecule has 5 nitrogen and oxygen atoms in total. The first kappa shape index (κ1) is 24.7. The van der Waals surface area contributed by atoms with Crippen LogP contribution in [0.2, 0.25) is 0 Å². The predicted molar refractivity (Wildman–Crippen MR) is 138 cm³/mol. The number of thioether (sulfide) groups is 1. The molecule has 0 fully saturated rings. The van der Waals surface area contributed by atoms with E-state index in [1.54, 1.807) is 23.9 Å². The molecule has 1 amide bonds. The summed E-state index contributed by atoms with van der Waals surface area (Å²) < 4.78 is 6.60. The molecule has 1 heterocycles. The van der Waals surface area contributed by atoms with E-state index < -0.39 is 0 Å². The zero-order valence-corrected chi connectivity index (χ0v) is 20.8. The zero-order valence-electron chi connectivity index (χ0n) is 19.2. The van der Waals surface area contributed by atoms with E-state index in [0.717, 1.165) is 28.7 Å². The number of hydrogen-bond acceptors (Lipinski definition) is 6. The highest BCUT2D eigenvalue weighted by molar-refractivity contribution is 8.00. The van der Waals surface area contributed by atoms with Gasteiger partial charge in [-0.2, -0.15) is 0 Å². The van der Waals surface area contributed by atoms with E-state index in [0.29, 0.717) is 17.3 Å². The zero-order chi connectivity index (χ0) is 23.5. The lowest BCUT2D eigenvalue weighted by atomic mass is 10.1. The van der Waals surface area contributed by atoms with Gasteiger partial charge < -0.3 is 4.74 Å². The van der Waals surface area contributed by atoms with Crippen molar-refractivity contribution in [2.75, 3.05) is 11.9 Å². The number of anilines is 1. The predicted octanol–water partition coefficient (Wildman–Crippen LogP) is 7.15. The third-order valence-electron chi connectivity index (χ3n) is 4.72. The molecule has 1 N–H and O–H groups in total. The van der Waals surface area contributed by atoms with Crippen molar-refractivity contribution in [3.05, 3.63) is 89.0 Å². The molecule has 1 aromatic heterocycles. The van der Waals surface area contributed by atoms with E-state index in [1.165, 1.54) is 28.0 Å². The monoisotopic (exact) mass is 479 g/mol. The first-order chi connectivity index (χ1) is 16.0. The Kier molecular flexibility index (Phi) is 9.72. The highest BCUT2D eigenvalue weighted by atomic mass is 32.2. The summed E-state index contributed by atoms with van der Waals surface area (Å²) in [7, 11) is 0. The number of benzene rings is 2. The molecule has 3 rings (SSSR count). The summed E-state index contributed by atoms with van der Waals surface area (Å²) in [5.74, 6) is 1.33. The molecular formula is C26H29N3O2S2. The summed E-state index contributed by atoms with van der Waals surface area (Å²) in [4.78, 5) is 12.5. The van der Waals surface area contributed by atoms with Crippen LogP contribution in [0, 0.1) is 0 Å². The Morgan fingerprint density at radius 1 is 1.03 bits per heavy atom. The molecule has 0 saturated carbocycles. The molecule has 0 aliphatic heterocycles. The average Bonchev–Trinajstić information content (AvgIpc) is 3.26. The Morgan fingerprint density at radius 2 is 1.79 bits per heavy atom. The molecule has 0 radical (unpaired) electrons. The third kappa shape index (κ3) is 8.86. The largest absolute Gasteiger partial charge is 0.490 e. The third-order valence-corrected chi connectivity index (χ3v) is 6.76. The Labute approximate surface area is 204 Å². The topological polar surface area (TPSA) is 64.1 Å². The van der Waals surface area contributed by atoms with Gasteiger partial charge in [0.1, 0.15) is 12.4 Å². The van der Waals surface area contributed by atoms with Crippen LogP contribution in [0.1, 0.15) is 49.5 Å². The SMILES string of the molecule is CC(C)=CCCC(C)=CCOc1ccc(C(=O)Nc2nnc(SCc3ccccc3)s2)cc1. The molecule has 3 aromatic rings. The standard InChI is InChI=1S/C26H29N3O2S2/c1-19(2)8-7-9-20(3)16-17-31-23-14-12-22(13-15-23)24(30)27-25-28-29-26(33-25)32-18-21-10-5-4-6-11-21/h4-6,8,10-16H,7,9,17-18H2,1-3H3,(H,27,28,30). The number of hydrogen-bond donors (Lipinski definition) is 1. The van der Waals surface area contributed by atoms with Crippen LogP contribution < -0.4 is 10.1 Å². The van der Waals surface area contributed by atoms with Crippen LogP contribution in [0.15, 0.2) is 82.2 Å². The van der Waals surface area contributed by atoms with E-state index in [1.807, 2.05) is 30.3 Å². The van der Waals surface area contributed by atoms with Crippen molar-refractivity contribution in [1.29, 1.82) is 0 Å². The number of nitrogens with one attached hydrogen (secondary N) is 1. The summed E-state index contributed by atoms with van der Waals surface area (Å²) in [5.41, 5.74) is 4.42. The lowest BCUT2D eigenvalue weighted by Gasteiger charge is -2.06. The number of allylic oxidation sites excluding steroid dienone is 3. The molecule has 0 aliphatic rings. The fourth-order valence-corrected chi connectivity index (χ4v) is 4.58. The number of carbonyl (C=O) groups excluding carboxylic acids is 1. The second-order valence-corrected chi connectivity index (χ2v) is 10.0. The van der Waals surface area contributed by atoms with E-state index in [4.69, 9.17) is 4.74 Å². The van der Waals surface area contributed by atoms with Gasteiger partial charge in [-0.1, -0.05) is 70.7 Å². The summed E-state index contributed by atoms with van der Waals surface area (Å²) in [6, 6.07) is 17.3. The van der Waals surface area contributed by atoms with Gasteiger partial charge >= 0.3 is 0 Å². The smallest absolute Gasteiger partial charge is 0.257 e. The normalized spacial score (nSPS) is 11.2. The van der Waals surface area contributed by atoms with Crippen LogP contribution in [0.4, 0.5) is 5.13 Å². The molecule has 0 unspecified atom stereocenters. The maximum atomic E-state index is 12.5. The van der Waals surface area contributed by atoms with Crippen molar-refractivity contribution in [1.82, 2.24) is 10.2 Å². The van der Waals surface area contributed by atoms with Gasteiger partial charge in [-0.3, -0.25) is 10.1 Å². The molecule has 7 heteroatoms. The van der Waals surface area contributed by atoms with Gasteiger partial charge in [0.25, 0.3) is 5.91 Å². The van der Waals surface area contributed by atoms with Crippen LogP contribution in [-0.2, 0) is 5.75 Å². The Balaban J connectivity index is 1.44. The van der Waals surface area contributed by atoms with Gasteiger partial charge in [0.05, 0.1) is 0 Å². The van der Waals surface area contributed by atoms with Crippen molar-refractivity contribution < 1.29 is 9.53 Å². The fraction of sp³-hybridized carbons (Fsp3) is 0.269. The molecular weight excluding hydrogens is 450 g/mol. The number of carbonyl (C=O) groups is 1. The van der Waals surface area contributed by atoms with Crippen LogP contribution in [-0.4, -0.2) is 22.7 Å². The highest BCUT2D eigenvalue weighted by Gasteiger charge is 2.11. The maximum absolute atomic E-state index is 12.5. The van der Waals surface area contributed by atoms with Crippen LogP contribution in [0.5, 0.6) is 5.75 Å². The lowest BCUT2D eigenvalue weighted by Crippen LogP contribution is -2.11. The van der Waals surface area contributed by atoms with Crippen molar-refractivity contribution >= 4 is 34.1 Å². The van der Waals surface area contributed by atoms with Crippen LogP contribution in [0.3, 0.4) is 0 Å². The van der Waals surface area contributed by atoms with E-state index in [2.05, 4.69) is 60.6 Å². The van der Waals surface area contributed by atoms with Gasteiger partial charge in [0.15, 0.2) is 4.34 Å². The molecule has 2 aromatic carbocycles. The van der Waals surface area contributed by atoms with Crippen LogP contribution >= 0.6 is 23.1 Å². The number of amides is 1. The van der Waals surface area contributed by atoms with Gasteiger partial charge in [-0.05, 0) is 69.5 Å². The molecule has 0 atom stereocenters. The number of ether oxygens (including phenoxy) is 1. The second kappa shape index (κ2) is 13.0. The maximum Gasteiger partial charge on any atom is 0.257 e. The highest BCUT2D eigenvalue weighted by Crippen LogP contribution is 2.28. The first-order valence-corrected chi connectivity index (χ1v) is 12.6. The Bertz CT molecular complexity index is 1090. The summed E-state index contributed by atoms with van der Waals surface area (Å²) >= 11 is 2.98. The summed E-state index contributed by atoms with van der Waals surface area (Å²) in [6.45, 7) is 6.86. The van der Waals surface area contributed by atoms with Gasteiger partial charge in [0.2, 0.25) is 5.13 Å². The number of aromatic nitrogens is 2. The lowest BCUT2D eigenvalue weighted by molar-refractivity contribution is 0.102. The van der Waals surface area contributed by atoms with Crippen molar-refractivity contribution in [3.8, 4) is 5.75 Å². The van der Waals surface area contributed by atoms with E-state index >= 15 is 0 Å². The van der Waals surface area contributed by atoms with Crippen molar-refractivity contribution in [2.24, 2.45) is 0 Å². The van der Waals surface area contributed by atoms with Gasteiger partial charge in [0, 0.05) is 11.3 Å². The Morgan fingerprint density at radius 3 is 2.52 bits per heavy atom. The van der Waals surface area contributed by atoms with Gasteiger partial charge in [-0.15, -0.1) is 10.2 Å². The summed E-state index contributed by atoms with van der Waals surface area (Å²) in [6.07, 6.45) is 6.43. The summed E-state index contributed by atoms with van der Waals surface area (Å²) in [5, 5.41) is 11.5. The molecule has 0 saturated heterocycles. The fourth-order valence-electron chi connectivity index (χ4n) is 2.88. The molecule has 0 bridgehead atoms. The second-order valence-electron chi connectivity index (χ2n) is 7.81. The quantitative estimate of drug-likeness (QED) is 0.180. The van der Waals surface area contributed by atoms with Crippen molar-refractivity contribution in [3.63, 3.8) is 0 Å². The van der Waals surface area contributed by atoms with E-state index in [-0.39, 0.29) is 5.91 Å². The Hall–Kier alpha value is -2.90. The molecule has 0 spiro atoms. The average molecular weight is 480 g/mol. The minimum Gasteiger partial charge on any atom is -0.490 e.